The maximum absolute atomic E-state index is 9.48. The fourth-order valence-corrected chi connectivity index (χ4v) is 3.27. The normalized spacial score (nSPS) is 12.2. The first-order valence-corrected chi connectivity index (χ1v) is 13.0. The Bertz CT molecular complexity index is 864. The Labute approximate surface area is 215 Å². The first-order chi connectivity index (χ1) is 17.2. The predicted octanol–water partition coefficient (Wildman–Crippen LogP) is 8.62. The first-order valence-electron chi connectivity index (χ1n) is 13.0. The second-order valence-corrected chi connectivity index (χ2v) is 6.91. The Morgan fingerprint density at radius 2 is 1.29 bits per heavy atom. The summed E-state index contributed by atoms with van der Waals surface area (Å²) >= 11 is 0. The smallest absolute Gasteiger partial charge is 0.234 e. The van der Waals surface area contributed by atoms with Crippen LogP contribution in [0.2, 0.25) is 0 Å². The van der Waals surface area contributed by atoms with Gasteiger partial charge in [-0.3, -0.25) is 0 Å². The van der Waals surface area contributed by atoms with Crippen molar-refractivity contribution in [1.82, 2.24) is 0 Å². The number of hydrogen-bond donors (Lipinski definition) is 1. The van der Waals surface area contributed by atoms with Gasteiger partial charge in [0.25, 0.3) is 0 Å². The van der Waals surface area contributed by atoms with Crippen LogP contribution in [0.25, 0.3) is 11.1 Å². The number of carbonyl (C=O) groups excluding carboxylic acids is 1. The van der Waals surface area contributed by atoms with Crippen molar-refractivity contribution in [2.75, 3.05) is 6.54 Å². The maximum atomic E-state index is 9.48. The number of aliphatic hydroxyl groups is 1. The fraction of sp³-hybridized carbons (Fsp3) is 0.406. The zero-order chi connectivity index (χ0) is 26.9. The molecule has 0 saturated heterocycles. The summed E-state index contributed by atoms with van der Waals surface area (Å²) in [4.78, 5) is 12.3. The van der Waals surface area contributed by atoms with Crippen molar-refractivity contribution in [1.29, 1.82) is 0 Å². The minimum absolute atomic E-state index is 0.112. The lowest BCUT2D eigenvalue weighted by Gasteiger charge is -2.21. The van der Waals surface area contributed by atoms with Crippen molar-refractivity contribution in [3.05, 3.63) is 95.6 Å². The van der Waals surface area contributed by atoms with Gasteiger partial charge in [-0.1, -0.05) is 120 Å². The molecule has 35 heavy (non-hydrogen) atoms. The Morgan fingerprint density at radius 3 is 1.69 bits per heavy atom. The molecule has 3 heteroatoms. The van der Waals surface area contributed by atoms with E-state index in [-0.39, 0.29) is 6.10 Å². The number of isocyanates is 1. The topological polar surface area (TPSA) is 49.7 Å². The molecule has 1 aliphatic rings. The van der Waals surface area contributed by atoms with E-state index < -0.39 is 0 Å². The standard InChI is InChI=1S/C12H10.C11H14O.C3H5NO.3C2H6/c1-3-7-11(8-4-1)12-9-5-2-6-10-12;1-8-3-2-4-9-5-6-10(12)7-11(8)9;1-2-4-3-5;3*1-2/h1-10H;2-4,10,12H,5-7H2,1H3;2H2,1H3;3*1-2H3/t;10-;;;;/m.0..../s1. The molecule has 0 aromatic heterocycles. The molecule has 1 atom stereocenters. The Morgan fingerprint density at radius 1 is 0.800 bits per heavy atom. The number of hydrogen-bond acceptors (Lipinski definition) is 3. The van der Waals surface area contributed by atoms with Crippen molar-refractivity contribution in [2.45, 2.75) is 80.8 Å². The van der Waals surface area contributed by atoms with Crippen LogP contribution in [0.15, 0.2) is 83.9 Å². The zero-order valence-corrected chi connectivity index (χ0v) is 23.2. The lowest BCUT2D eigenvalue weighted by atomic mass is 9.87. The summed E-state index contributed by atoms with van der Waals surface area (Å²) in [6.45, 7) is 16.4. The minimum Gasteiger partial charge on any atom is -0.393 e. The second kappa shape index (κ2) is 24.1. The summed E-state index contributed by atoms with van der Waals surface area (Å²) in [7, 11) is 0. The highest BCUT2D eigenvalue weighted by Crippen LogP contribution is 2.23. The average molecular weight is 478 g/mol. The third kappa shape index (κ3) is 14.8. The van der Waals surface area contributed by atoms with Gasteiger partial charge in [-0.05, 0) is 60.9 Å². The highest BCUT2D eigenvalue weighted by atomic mass is 16.3. The molecule has 3 aromatic rings. The summed E-state index contributed by atoms with van der Waals surface area (Å²) in [5.74, 6) is 0. The van der Waals surface area contributed by atoms with Crippen molar-refractivity contribution in [3.63, 3.8) is 0 Å². The molecule has 4 rings (SSSR count). The highest BCUT2D eigenvalue weighted by Gasteiger charge is 2.16. The van der Waals surface area contributed by atoms with Gasteiger partial charge in [0.05, 0.1) is 6.10 Å². The molecule has 0 radical (unpaired) electrons. The van der Waals surface area contributed by atoms with E-state index in [1.807, 2.05) is 53.7 Å². The molecule has 0 aliphatic heterocycles. The predicted molar refractivity (Wildman–Crippen MR) is 154 cm³/mol. The van der Waals surface area contributed by atoms with Gasteiger partial charge in [0.1, 0.15) is 0 Å². The van der Waals surface area contributed by atoms with Gasteiger partial charge in [0.2, 0.25) is 6.08 Å². The lowest BCUT2D eigenvalue weighted by Crippen LogP contribution is -2.19. The maximum Gasteiger partial charge on any atom is 0.234 e. The molecular formula is C32H47NO2. The van der Waals surface area contributed by atoms with Crippen LogP contribution in [0.1, 0.15) is 71.6 Å². The van der Waals surface area contributed by atoms with E-state index in [1.165, 1.54) is 33.9 Å². The van der Waals surface area contributed by atoms with Crippen LogP contribution in [0.4, 0.5) is 0 Å². The quantitative estimate of drug-likeness (QED) is 0.297. The van der Waals surface area contributed by atoms with Crippen LogP contribution in [0.3, 0.4) is 0 Å². The number of fused-ring (bicyclic) bond motifs is 1. The number of rotatable bonds is 2. The van der Waals surface area contributed by atoms with E-state index in [1.54, 1.807) is 6.92 Å². The Hall–Kier alpha value is -3.00. The summed E-state index contributed by atoms with van der Waals surface area (Å²) in [5, 5.41) is 9.48. The molecule has 0 bridgehead atoms. The molecular weight excluding hydrogens is 430 g/mol. The average Bonchev–Trinajstić information content (AvgIpc) is 2.95. The van der Waals surface area contributed by atoms with E-state index in [0.717, 1.165) is 19.3 Å². The monoisotopic (exact) mass is 477 g/mol. The van der Waals surface area contributed by atoms with Crippen LogP contribution in [-0.2, 0) is 17.6 Å². The Balaban J connectivity index is 0. The zero-order valence-electron chi connectivity index (χ0n) is 23.2. The van der Waals surface area contributed by atoms with Gasteiger partial charge in [0, 0.05) is 6.54 Å². The summed E-state index contributed by atoms with van der Waals surface area (Å²) < 4.78 is 0. The number of nitrogens with zero attached hydrogens (tertiary/aromatic N) is 1. The minimum atomic E-state index is -0.112. The molecule has 0 amide bonds. The van der Waals surface area contributed by atoms with Crippen molar-refractivity contribution < 1.29 is 9.90 Å². The fourth-order valence-electron chi connectivity index (χ4n) is 3.27. The van der Waals surface area contributed by atoms with E-state index in [0.29, 0.717) is 6.54 Å². The summed E-state index contributed by atoms with van der Waals surface area (Å²) in [6, 6.07) is 27.2. The molecule has 3 nitrogen and oxygen atoms in total. The van der Waals surface area contributed by atoms with E-state index in [4.69, 9.17) is 4.79 Å². The second-order valence-electron chi connectivity index (χ2n) is 6.91. The number of benzene rings is 3. The third-order valence-corrected chi connectivity index (χ3v) is 4.80. The summed E-state index contributed by atoms with van der Waals surface area (Å²) in [5.41, 5.74) is 6.68. The van der Waals surface area contributed by atoms with Gasteiger partial charge in [-0.15, -0.1) is 0 Å². The molecule has 1 N–H and O–H groups in total. The van der Waals surface area contributed by atoms with E-state index >= 15 is 0 Å². The van der Waals surface area contributed by atoms with Crippen LogP contribution in [0.5, 0.6) is 0 Å². The molecule has 1 aliphatic carbocycles. The largest absolute Gasteiger partial charge is 0.393 e. The van der Waals surface area contributed by atoms with Crippen LogP contribution < -0.4 is 0 Å². The number of aliphatic hydroxyl groups excluding tert-OH is 1. The molecule has 0 spiro atoms. The molecule has 0 unspecified atom stereocenters. The first kappa shape index (κ1) is 34.2. The molecule has 3 aromatic carbocycles. The highest BCUT2D eigenvalue weighted by molar-refractivity contribution is 5.62. The van der Waals surface area contributed by atoms with E-state index in [9.17, 15) is 5.11 Å². The SMILES string of the molecule is CC.CC.CC.CCN=C=O.Cc1cccc2c1C[C@@H](O)CC2.c1ccc(-c2ccccc2)cc1. The molecule has 0 heterocycles. The van der Waals surface area contributed by atoms with Gasteiger partial charge in [-0.25, -0.2) is 9.79 Å². The summed E-state index contributed by atoms with van der Waals surface area (Å²) in [6.07, 6.45) is 4.10. The van der Waals surface area contributed by atoms with Crippen molar-refractivity contribution >= 4 is 6.08 Å². The van der Waals surface area contributed by atoms with Gasteiger partial charge in [0.15, 0.2) is 0 Å². The van der Waals surface area contributed by atoms with Gasteiger partial charge < -0.3 is 5.11 Å². The van der Waals surface area contributed by atoms with Crippen molar-refractivity contribution in [3.8, 4) is 11.1 Å². The molecule has 192 valence electrons. The van der Waals surface area contributed by atoms with Gasteiger partial charge in [-0.2, -0.15) is 0 Å². The molecule has 0 saturated carbocycles. The lowest BCUT2D eigenvalue weighted by molar-refractivity contribution is 0.158. The van der Waals surface area contributed by atoms with E-state index in [2.05, 4.69) is 78.6 Å². The van der Waals surface area contributed by atoms with Crippen LogP contribution >= 0.6 is 0 Å². The number of aliphatic imine (C=N–C) groups is 1. The van der Waals surface area contributed by atoms with Crippen LogP contribution in [0, 0.1) is 6.92 Å². The third-order valence-electron chi connectivity index (χ3n) is 4.80. The Kier molecular flexibility index (Phi) is 23.6. The molecule has 0 fully saturated rings. The van der Waals surface area contributed by atoms with Crippen LogP contribution in [-0.4, -0.2) is 23.8 Å². The van der Waals surface area contributed by atoms with Gasteiger partial charge >= 0.3 is 0 Å². The van der Waals surface area contributed by atoms with Crippen molar-refractivity contribution in [2.24, 2.45) is 4.99 Å². The number of aryl methyl sites for hydroxylation is 2.